The lowest BCUT2D eigenvalue weighted by Gasteiger charge is -2.15. The molecule has 0 fully saturated rings. The molecule has 156 valence electrons. The van der Waals surface area contributed by atoms with E-state index in [4.69, 9.17) is 11.6 Å². The van der Waals surface area contributed by atoms with E-state index in [0.29, 0.717) is 22.3 Å². The van der Waals surface area contributed by atoms with Crippen LogP contribution in [0, 0.1) is 6.92 Å². The Morgan fingerprint density at radius 3 is 2.90 bits per heavy atom. The molecule has 2 aromatic rings. The van der Waals surface area contributed by atoms with E-state index in [-0.39, 0.29) is 17.3 Å². The molecule has 8 heteroatoms. The first-order valence-corrected chi connectivity index (χ1v) is 11.2. The molecule has 1 aromatic carbocycles. The van der Waals surface area contributed by atoms with Gasteiger partial charge in [0.2, 0.25) is 5.91 Å². The quantitative estimate of drug-likeness (QED) is 0.509. The van der Waals surface area contributed by atoms with Crippen molar-refractivity contribution in [3.63, 3.8) is 0 Å². The summed E-state index contributed by atoms with van der Waals surface area (Å²) >= 11 is 7.45. The molecule has 1 aliphatic carbocycles. The van der Waals surface area contributed by atoms with E-state index in [1.807, 2.05) is 37.7 Å². The third-order valence-corrected chi connectivity index (χ3v) is 6.50. The molecule has 0 spiro atoms. The maximum absolute atomic E-state index is 12.6. The molecule has 1 amide bonds. The van der Waals surface area contributed by atoms with Crippen molar-refractivity contribution >= 4 is 35.0 Å². The third kappa shape index (κ3) is 5.41. The predicted octanol–water partition coefficient (Wildman–Crippen LogP) is 3.38. The lowest BCUT2D eigenvalue weighted by Crippen LogP contribution is -2.29. The second kappa shape index (κ2) is 9.78. The number of hydrogen-bond acceptors (Lipinski definition) is 5. The zero-order chi connectivity index (χ0) is 21.0. The number of thioether (sulfide) groups is 1. The van der Waals surface area contributed by atoms with E-state index < -0.39 is 0 Å². The highest BCUT2D eigenvalue weighted by atomic mass is 35.5. The molecule has 3 rings (SSSR count). The molecule has 0 radical (unpaired) electrons. The monoisotopic (exact) mass is 434 g/mol. The molecule has 1 aromatic heterocycles. The molecule has 0 unspecified atom stereocenters. The van der Waals surface area contributed by atoms with Crippen LogP contribution in [0.2, 0.25) is 5.02 Å². The van der Waals surface area contributed by atoms with Crippen LogP contribution in [0.5, 0.6) is 0 Å². The molecule has 0 saturated carbocycles. The molecule has 6 nitrogen and oxygen atoms in total. The Labute approximate surface area is 180 Å². The van der Waals surface area contributed by atoms with Crippen molar-refractivity contribution in [3.8, 4) is 0 Å². The van der Waals surface area contributed by atoms with Crippen LogP contribution in [0.25, 0.3) is 0 Å². The number of amides is 1. The van der Waals surface area contributed by atoms with Gasteiger partial charge in [-0.05, 0) is 70.9 Å². The highest BCUT2D eigenvalue weighted by Crippen LogP contribution is 2.29. The summed E-state index contributed by atoms with van der Waals surface area (Å²) in [5.41, 5.74) is 3.56. The Kier molecular flexibility index (Phi) is 7.38. The highest BCUT2D eigenvalue weighted by Gasteiger charge is 2.22. The number of halogens is 1. The summed E-state index contributed by atoms with van der Waals surface area (Å²) in [6.07, 6.45) is 3.74. The van der Waals surface area contributed by atoms with Gasteiger partial charge in [0.15, 0.2) is 0 Å². The van der Waals surface area contributed by atoms with Crippen molar-refractivity contribution in [2.45, 2.75) is 44.2 Å². The number of carbonyl (C=O) groups excluding carboxylic acids is 1. The second-order valence-corrected chi connectivity index (χ2v) is 8.91. The van der Waals surface area contributed by atoms with Crippen LogP contribution < -0.4 is 11.0 Å². The molecular formula is C21H27ClN4O2S. The summed E-state index contributed by atoms with van der Waals surface area (Å²) in [5.74, 6) is 0.0687. The van der Waals surface area contributed by atoms with E-state index in [2.05, 4.69) is 15.2 Å². The van der Waals surface area contributed by atoms with Crippen LogP contribution in [0.4, 0.5) is 5.69 Å². The lowest BCUT2D eigenvalue weighted by atomic mass is 10.2. The van der Waals surface area contributed by atoms with E-state index in [1.165, 1.54) is 11.8 Å². The van der Waals surface area contributed by atoms with Gasteiger partial charge in [-0.3, -0.25) is 9.36 Å². The summed E-state index contributed by atoms with van der Waals surface area (Å²) in [5, 5.41) is 4.21. The van der Waals surface area contributed by atoms with Gasteiger partial charge in [-0.1, -0.05) is 29.4 Å². The minimum atomic E-state index is -0.210. The molecule has 29 heavy (non-hydrogen) atoms. The number of hydrogen-bond donors (Lipinski definition) is 1. The molecule has 0 atom stereocenters. The molecular weight excluding hydrogens is 408 g/mol. The van der Waals surface area contributed by atoms with Gasteiger partial charge in [-0.15, -0.1) is 0 Å². The van der Waals surface area contributed by atoms with Crippen molar-refractivity contribution in [2.75, 3.05) is 31.7 Å². The maximum atomic E-state index is 12.6. The number of nitrogens with zero attached hydrogens (tertiary/aromatic N) is 3. The Morgan fingerprint density at radius 1 is 1.34 bits per heavy atom. The Balaban J connectivity index is 1.69. The molecule has 1 aliphatic rings. The lowest BCUT2D eigenvalue weighted by molar-refractivity contribution is -0.113. The van der Waals surface area contributed by atoms with Gasteiger partial charge in [0, 0.05) is 28.5 Å². The van der Waals surface area contributed by atoms with Crippen molar-refractivity contribution < 1.29 is 4.79 Å². The maximum Gasteiger partial charge on any atom is 0.348 e. The smallest absolute Gasteiger partial charge is 0.325 e. The van der Waals surface area contributed by atoms with Crippen LogP contribution in [-0.4, -0.2) is 46.8 Å². The fourth-order valence-electron chi connectivity index (χ4n) is 3.54. The van der Waals surface area contributed by atoms with Crippen molar-refractivity contribution in [1.82, 2.24) is 14.5 Å². The third-order valence-electron chi connectivity index (χ3n) is 5.07. The topological polar surface area (TPSA) is 67.2 Å². The van der Waals surface area contributed by atoms with Gasteiger partial charge in [0.25, 0.3) is 0 Å². The predicted molar refractivity (Wildman–Crippen MR) is 119 cm³/mol. The number of fused-ring (bicyclic) bond motifs is 1. The second-order valence-electron chi connectivity index (χ2n) is 7.54. The molecule has 0 bridgehead atoms. The largest absolute Gasteiger partial charge is 0.348 e. The normalized spacial score (nSPS) is 13.0. The van der Waals surface area contributed by atoms with Crippen LogP contribution in [-0.2, 0) is 24.2 Å². The Hall–Kier alpha value is -1.83. The van der Waals surface area contributed by atoms with Gasteiger partial charge < -0.3 is 10.2 Å². The number of rotatable bonds is 8. The molecule has 0 aliphatic heterocycles. The minimum Gasteiger partial charge on any atom is -0.325 e. The number of aromatic nitrogens is 2. The van der Waals surface area contributed by atoms with Gasteiger partial charge in [-0.25, -0.2) is 4.79 Å². The average Bonchev–Trinajstić information content (AvgIpc) is 3.15. The summed E-state index contributed by atoms with van der Waals surface area (Å²) in [7, 11) is 4.06. The van der Waals surface area contributed by atoms with E-state index >= 15 is 0 Å². The summed E-state index contributed by atoms with van der Waals surface area (Å²) in [6, 6.07) is 5.43. The number of benzene rings is 1. The van der Waals surface area contributed by atoms with Crippen LogP contribution >= 0.6 is 23.4 Å². The van der Waals surface area contributed by atoms with Gasteiger partial charge in [0.1, 0.15) is 5.03 Å². The fraction of sp³-hybridized carbons (Fsp3) is 0.476. The number of nitrogens with one attached hydrogen (secondary N) is 1. The molecule has 0 saturated heterocycles. The van der Waals surface area contributed by atoms with E-state index in [9.17, 15) is 9.59 Å². The van der Waals surface area contributed by atoms with Crippen LogP contribution in [0.15, 0.2) is 28.0 Å². The number of carbonyl (C=O) groups is 1. The molecule has 1 heterocycles. The van der Waals surface area contributed by atoms with E-state index in [1.54, 1.807) is 6.07 Å². The molecule has 1 N–H and O–H groups in total. The Morgan fingerprint density at radius 2 is 2.14 bits per heavy atom. The zero-order valence-corrected chi connectivity index (χ0v) is 18.7. The van der Waals surface area contributed by atoms with E-state index in [0.717, 1.165) is 49.0 Å². The fourth-order valence-corrected chi connectivity index (χ4v) is 4.60. The zero-order valence-electron chi connectivity index (χ0n) is 17.1. The first-order chi connectivity index (χ1) is 13.9. The van der Waals surface area contributed by atoms with Crippen molar-refractivity contribution in [3.05, 3.63) is 50.5 Å². The summed E-state index contributed by atoms with van der Waals surface area (Å²) in [6.45, 7) is 3.49. The summed E-state index contributed by atoms with van der Waals surface area (Å²) < 4.78 is 1.82. The van der Waals surface area contributed by atoms with Crippen LogP contribution in [0.1, 0.15) is 29.7 Å². The SMILES string of the molecule is Cc1c(Cl)cccc1NC(=O)CSc1nc(=O)n(CCCN(C)C)c2c1CCC2. The van der Waals surface area contributed by atoms with Gasteiger partial charge in [-0.2, -0.15) is 4.98 Å². The Bertz CT molecular complexity index is 958. The van der Waals surface area contributed by atoms with Crippen molar-refractivity contribution in [2.24, 2.45) is 0 Å². The first kappa shape index (κ1) is 21.9. The average molecular weight is 435 g/mol. The van der Waals surface area contributed by atoms with Gasteiger partial charge in [0.05, 0.1) is 5.75 Å². The van der Waals surface area contributed by atoms with Crippen LogP contribution in [0.3, 0.4) is 0 Å². The summed E-state index contributed by atoms with van der Waals surface area (Å²) in [4.78, 5) is 31.4. The standard InChI is InChI=1S/C21H27ClN4O2S/c1-14-16(22)8-5-9-17(14)23-19(27)13-29-20-15-7-4-10-18(15)26(21(28)24-20)12-6-11-25(2)3/h5,8-9H,4,6-7,10-13H2,1-3H3,(H,23,27). The van der Waals surface area contributed by atoms with Crippen molar-refractivity contribution in [1.29, 1.82) is 0 Å². The first-order valence-electron chi connectivity index (χ1n) is 9.82. The van der Waals surface area contributed by atoms with Gasteiger partial charge >= 0.3 is 5.69 Å². The highest BCUT2D eigenvalue weighted by molar-refractivity contribution is 8.00. The number of anilines is 1. The minimum absolute atomic E-state index is 0.135.